The molecule has 3 heterocycles. The van der Waals surface area contributed by atoms with E-state index < -0.39 is 0 Å². The number of hydrogen-bond acceptors (Lipinski definition) is 6. The van der Waals surface area contributed by atoms with Crippen LogP contribution in [0.2, 0.25) is 5.02 Å². The zero-order valence-electron chi connectivity index (χ0n) is 18.6. The Kier molecular flexibility index (Phi) is 6.76. The quantitative estimate of drug-likeness (QED) is 0.335. The van der Waals surface area contributed by atoms with E-state index >= 15 is 0 Å². The molecule has 2 aromatic carbocycles. The zero-order chi connectivity index (χ0) is 22.6. The van der Waals surface area contributed by atoms with E-state index in [4.69, 9.17) is 16.3 Å². The molecule has 0 spiro atoms. The fraction of sp³-hybridized carbons (Fsp3) is 0.308. The molecule has 5 rings (SSSR count). The molecular formula is C26H27ClN4OS. The van der Waals surface area contributed by atoms with Crippen LogP contribution in [0.1, 0.15) is 18.4 Å². The van der Waals surface area contributed by atoms with E-state index in [1.54, 1.807) is 24.8 Å². The second-order valence-corrected chi connectivity index (χ2v) is 9.74. The summed E-state index contributed by atoms with van der Waals surface area (Å²) in [5.41, 5.74) is 3.52. The maximum atomic E-state index is 6.35. The number of fused-ring (bicyclic) bond motifs is 1. The summed E-state index contributed by atoms with van der Waals surface area (Å²) in [5.74, 6) is 2.40. The topological polar surface area (TPSA) is 50.3 Å². The molecule has 1 aliphatic rings. The first kappa shape index (κ1) is 22.1. The summed E-state index contributed by atoms with van der Waals surface area (Å²) < 4.78 is 5.31. The van der Waals surface area contributed by atoms with Crippen molar-refractivity contribution in [2.75, 3.05) is 32.1 Å². The van der Waals surface area contributed by atoms with Crippen LogP contribution in [-0.2, 0) is 6.54 Å². The molecule has 4 aromatic rings. The van der Waals surface area contributed by atoms with E-state index in [1.165, 1.54) is 18.4 Å². The zero-order valence-corrected chi connectivity index (χ0v) is 20.2. The number of hydrogen-bond donors (Lipinski definition) is 1. The number of thiophene rings is 1. The lowest BCUT2D eigenvalue weighted by Gasteiger charge is -2.32. The van der Waals surface area contributed by atoms with Crippen LogP contribution in [0.15, 0.2) is 60.2 Å². The fourth-order valence-electron chi connectivity index (χ4n) is 4.45. The number of halogens is 1. The molecular weight excluding hydrogens is 452 g/mol. The van der Waals surface area contributed by atoms with Gasteiger partial charge in [0.15, 0.2) is 0 Å². The molecule has 0 atom stereocenters. The molecule has 0 radical (unpaired) electrons. The number of piperidine rings is 1. The predicted octanol–water partition coefficient (Wildman–Crippen LogP) is 6.34. The largest absolute Gasteiger partial charge is 0.497 e. The van der Waals surface area contributed by atoms with E-state index in [0.29, 0.717) is 5.92 Å². The summed E-state index contributed by atoms with van der Waals surface area (Å²) in [6, 6.07) is 16.3. The monoisotopic (exact) mass is 478 g/mol. The maximum Gasteiger partial charge on any atom is 0.138 e. The van der Waals surface area contributed by atoms with Gasteiger partial charge in [0.25, 0.3) is 0 Å². The smallest absolute Gasteiger partial charge is 0.138 e. The SMILES string of the molecule is COc1ccc(-c2csc3ncnc(NCC4CCN(Cc5ccccc5Cl)CC4)c23)cc1. The average Bonchev–Trinajstić information content (AvgIpc) is 3.30. The van der Waals surface area contributed by atoms with E-state index in [-0.39, 0.29) is 0 Å². The average molecular weight is 479 g/mol. The molecule has 0 unspecified atom stereocenters. The number of nitrogens with zero attached hydrogens (tertiary/aromatic N) is 3. The lowest BCUT2D eigenvalue weighted by Crippen LogP contribution is -2.35. The van der Waals surface area contributed by atoms with Gasteiger partial charge in [-0.25, -0.2) is 9.97 Å². The number of ether oxygens (including phenoxy) is 1. The van der Waals surface area contributed by atoms with Crippen LogP contribution in [0.4, 0.5) is 5.82 Å². The number of aromatic nitrogens is 2. The van der Waals surface area contributed by atoms with Gasteiger partial charge in [0, 0.05) is 29.1 Å². The van der Waals surface area contributed by atoms with Crippen LogP contribution >= 0.6 is 22.9 Å². The molecule has 33 heavy (non-hydrogen) atoms. The molecule has 0 bridgehead atoms. The minimum absolute atomic E-state index is 0.626. The summed E-state index contributed by atoms with van der Waals surface area (Å²) in [5, 5.41) is 7.77. The van der Waals surface area contributed by atoms with Crippen molar-refractivity contribution < 1.29 is 4.74 Å². The summed E-state index contributed by atoms with van der Waals surface area (Å²) in [7, 11) is 1.69. The Labute approximate surface area is 203 Å². The van der Waals surface area contributed by atoms with Crippen molar-refractivity contribution in [1.82, 2.24) is 14.9 Å². The third kappa shape index (κ3) is 4.98. The Morgan fingerprint density at radius 2 is 1.88 bits per heavy atom. The third-order valence-electron chi connectivity index (χ3n) is 6.39. The van der Waals surface area contributed by atoms with Crippen LogP contribution in [0.5, 0.6) is 5.75 Å². The van der Waals surface area contributed by atoms with Crippen molar-refractivity contribution in [2.45, 2.75) is 19.4 Å². The lowest BCUT2D eigenvalue weighted by atomic mass is 9.96. The van der Waals surface area contributed by atoms with Gasteiger partial charge in [-0.05, 0) is 61.2 Å². The first-order chi connectivity index (χ1) is 16.2. The van der Waals surface area contributed by atoms with Gasteiger partial charge in [-0.15, -0.1) is 11.3 Å². The van der Waals surface area contributed by atoms with Crippen LogP contribution in [0.3, 0.4) is 0 Å². The van der Waals surface area contributed by atoms with E-state index in [2.05, 4.69) is 49.8 Å². The predicted molar refractivity (Wildman–Crippen MR) is 137 cm³/mol. The number of nitrogens with one attached hydrogen (secondary N) is 1. The van der Waals surface area contributed by atoms with Crippen molar-refractivity contribution in [1.29, 1.82) is 0 Å². The minimum atomic E-state index is 0.626. The molecule has 0 amide bonds. The number of methoxy groups -OCH3 is 1. The summed E-state index contributed by atoms with van der Waals surface area (Å²) in [4.78, 5) is 12.6. The summed E-state index contributed by atoms with van der Waals surface area (Å²) >= 11 is 8.00. The van der Waals surface area contributed by atoms with Crippen molar-refractivity contribution in [2.24, 2.45) is 5.92 Å². The first-order valence-electron chi connectivity index (χ1n) is 11.3. The van der Waals surface area contributed by atoms with Gasteiger partial charge in [0.1, 0.15) is 22.7 Å². The van der Waals surface area contributed by atoms with Gasteiger partial charge in [0.2, 0.25) is 0 Å². The van der Waals surface area contributed by atoms with Crippen LogP contribution in [0.25, 0.3) is 21.3 Å². The highest BCUT2D eigenvalue weighted by atomic mass is 35.5. The number of anilines is 1. The van der Waals surface area contributed by atoms with E-state index in [0.717, 1.165) is 64.1 Å². The van der Waals surface area contributed by atoms with Gasteiger partial charge in [0.05, 0.1) is 12.5 Å². The molecule has 1 aliphatic heterocycles. The molecule has 0 saturated carbocycles. The molecule has 1 saturated heterocycles. The fourth-order valence-corrected chi connectivity index (χ4v) is 5.56. The van der Waals surface area contributed by atoms with Gasteiger partial charge in [-0.2, -0.15) is 0 Å². The van der Waals surface area contributed by atoms with Crippen molar-refractivity contribution in [3.8, 4) is 16.9 Å². The molecule has 1 N–H and O–H groups in total. The van der Waals surface area contributed by atoms with Crippen LogP contribution in [0, 0.1) is 5.92 Å². The number of benzene rings is 2. The number of rotatable bonds is 7. The minimum Gasteiger partial charge on any atom is -0.497 e. The van der Waals surface area contributed by atoms with Crippen molar-refractivity contribution >= 4 is 39.0 Å². The van der Waals surface area contributed by atoms with E-state index in [9.17, 15) is 0 Å². The van der Waals surface area contributed by atoms with Crippen LogP contribution < -0.4 is 10.1 Å². The Bertz CT molecular complexity index is 1220. The number of likely N-dealkylation sites (tertiary alicyclic amines) is 1. The molecule has 170 valence electrons. The first-order valence-corrected chi connectivity index (χ1v) is 12.5. The molecule has 2 aromatic heterocycles. The van der Waals surface area contributed by atoms with Gasteiger partial charge >= 0.3 is 0 Å². The Morgan fingerprint density at radius 1 is 1.09 bits per heavy atom. The van der Waals surface area contributed by atoms with Gasteiger partial charge in [-0.3, -0.25) is 4.90 Å². The van der Waals surface area contributed by atoms with Crippen molar-refractivity contribution in [3.63, 3.8) is 0 Å². The van der Waals surface area contributed by atoms with Gasteiger partial charge in [-0.1, -0.05) is 41.9 Å². The normalized spacial score (nSPS) is 15.1. The molecule has 0 aliphatic carbocycles. The highest BCUT2D eigenvalue weighted by molar-refractivity contribution is 7.17. The van der Waals surface area contributed by atoms with Crippen LogP contribution in [-0.4, -0.2) is 41.6 Å². The molecule has 1 fully saturated rings. The summed E-state index contributed by atoms with van der Waals surface area (Å²) in [6.07, 6.45) is 3.99. The third-order valence-corrected chi connectivity index (χ3v) is 7.64. The van der Waals surface area contributed by atoms with Crippen molar-refractivity contribution in [3.05, 3.63) is 70.8 Å². The van der Waals surface area contributed by atoms with Gasteiger partial charge < -0.3 is 10.1 Å². The standard InChI is InChI=1S/C26H27ClN4OS/c1-32-21-8-6-19(7-9-21)22-16-33-26-24(22)25(29-17-30-26)28-14-18-10-12-31(13-11-18)15-20-4-2-3-5-23(20)27/h2-9,16-18H,10-15H2,1H3,(H,28,29,30). The second kappa shape index (κ2) is 10.1. The Balaban J connectivity index is 1.24. The summed E-state index contributed by atoms with van der Waals surface area (Å²) in [6.45, 7) is 4.02. The maximum absolute atomic E-state index is 6.35. The Morgan fingerprint density at radius 3 is 2.64 bits per heavy atom. The highest BCUT2D eigenvalue weighted by Crippen LogP contribution is 2.37. The lowest BCUT2D eigenvalue weighted by molar-refractivity contribution is 0.182. The van der Waals surface area contributed by atoms with E-state index in [1.807, 2.05) is 24.3 Å². The molecule has 7 heteroatoms. The second-order valence-electron chi connectivity index (χ2n) is 8.47. The molecule has 5 nitrogen and oxygen atoms in total. The highest BCUT2D eigenvalue weighted by Gasteiger charge is 2.21. The Hall–Kier alpha value is -2.67.